The van der Waals surface area contributed by atoms with Crippen LogP contribution >= 0.6 is 0 Å². The predicted molar refractivity (Wildman–Crippen MR) is 74.5 cm³/mol. The van der Waals surface area contributed by atoms with Gasteiger partial charge in [-0.15, -0.1) is 0 Å². The second-order valence-electron chi connectivity index (χ2n) is 4.74. The molecule has 1 aromatic heterocycles. The lowest BCUT2D eigenvalue weighted by Gasteiger charge is -2.15. The summed E-state index contributed by atoms with van der Waals surface area (Å²) in [6.07, 6.45) is 3.50. The summed E-state index contributed by atoms with van der Waals surface area (Å²) >= 11 is 0. The Hall–Kier alpha value is -2.77. The van der Waals surface area contributed by atoms with E-state index in [0.717, 1.165) is 5.82 Å². The van der Waals surface area contributed by atoms with E-state index < -0.39 is 4.92 Å². The lowest BCUT2D eigenvalue weighted by molar-refractivity contribution is -0.384. The Labute approximate surface area is 120 Å². The van der Waals surface area contributed by atoms with Crippen molar-refractivity contribution in [2.75, 3.05) is 12.1 Å². The maximum Gasteiger partial charge on any atom is 0.296 e. The number of aryl methyl sites for hydroxylation is 1. The Morgan fingerprint density at radius 1 is 1.43 bits per heavy atom. The number of nitrogens with zero attached hydrogens (tertiary/aromatic N) is 3. The summed E-state index contributed by atoms with van der Waals surface area (Å²) < 4.78 is 12.3. The van der Waals surface area contributed by atoms with E-state index in [9.17, 15) is 10.1 Å². The highest BCUT2D eigenvalue weighted by atomic mass is 16.7. The van der Waals surface area contributed by atoms with Crippen LogP contribution in [0.3, 0.4) is 0 Å². The molecule has 0 saturated carbocycles. The molecule has 1 aliphatic rings. The third-order valence-electron chi connectivity index (χ3n) is 3.31. The fourth-order valence-corrected chi connectivity index (χ4v) is 2.29. The minimum atomic E-state index is -0.449. The van der Waals surface area contributed by atoms with Crippen molar-refractivity contribution >= 4 is 11.4 Å². The number of ether oxygens (including phenoxy) is 2. The van der Waals surface area contributed by atoms with Crippen LogP contribution < -0.4 is 14.8 Å². The molecule has 0 aliphatic carbocycles. The largest absolute Gasteiger partial charge is 0.454 e. The van der Waals surface area contributed by atoms with Crippen LogP contribution in [-0.4, -0.2) is 21.3 Å². The number of hydrogen-bond acceptors (Lipinski definition) is 6. The van der Waals surface area contributed by atoms with Crippen LogP contribution in [0.25, 0.3) is 0 Å². The van der Waals surface area contributed by atoms with E-state index >= 15 is 0 Å². The second-order valence-corrected chi connectivity index (χ2v) is 4.74. The molecule has 21 heavy (non-hydrogen) atoms. The number of aromatic nitrogens is 2. The smallest absolute Gasteiger partial charge is 0.296 e. The Morgan fingerprint density at radius 2 is 2.14 bits per heavy atom. The van der Waals surface area contributed by atoms with Crippen LogP contribution in [0.4, 0.5) is 11.4 Å². The van der Waals surface area contributed by atoms with Gasteiger partial charge in [-0.25, -0.2) is 4.98 Å². The molecule has 8 heteroatoms. The van der Waals surface area contributed by atoms with E-state index in [1.54, 1.807) is 12.3 Å². The van der Waals surface area contributed by atoms with Crippen LogP contribution in [0, 0.1) is 10.1 Å². The van der Waals surface area contributed by atoms with Crippen LogP contribution in [0.1, 0.15) is 18.8 Å². The van der Waals surface area contributed by atoms with Gasteiger partial charge >= 0.3 is 0 Å². The van der Waals surface area contributed by atoms with Gasteiger partial charge in [-0.05, 0) is 6.92 Å². The number of nitro groups is 1. The first-order valence-corrected chi connectivity index (χ1v) is 6.38. The monoisotopic (exact) mass is 290 g/mol. The van der Waals surface area contributed by atoms with Crippen molar-refractivity contribution in [2.45, 2.75) is 13.0 Å². The van der Waals surface area contributed by atoms with Crippen molar-refractivity contribution in [3.05, 3.63) is 40.5 Å². The van der Waals surface area contributed by atoms with Gasteiger partial charge in [0, 0.05) is 25.5 Å². The quantitative estimate of drug-likeness (QED) is 0.685. The molecule has 2 heterocycles. The molecule has 0 saturated heterocycles. The molecule has 1 unspecified atom stereocenters. The number of hydrogen-bond donors (Lipinski definition) is 1. The minimum Gasteiger partial charge on any atom is -0.454 e. The summed E-state index contributed by atoms with van der Waals surface area (Å²) in [5.74, 6) is 1.66. The van der Waals surface area contributed by atoms with Crippen molar-refractivity contribution in [1.29, 1.82) is 0 Å². The van der Waals surface area contributed by atoms with Crippen molar-refractivity contribution in [2.24, 2.45) is 7.05 Å². The van der Waals surface area contributed by atoms with Gasteiger partial charge in [0.25, 0.3) is 5.69 Å². The van der Waals surface area contributed by atoms with Gasteiger partial charge in [-0.1, -0.05) is 0 Å². The highest BCUT2D eigenvalue weighted by Gasteiger charge is 2.25. The third kappa shape index (κ3) is 2.35. The van der Waals surface area contributed by atoms with Gasteiger partial charge in [0.2, 0.25) is 6.79 Å². The van der Waals surface area contributed by atoms with Crippen LogP contribution in [0.5, 0.6) is 11.5 Å². The van der Waals surface area contributed by atoms with E-state index in [1.807, 2.05) is 24.7 Å². The fourth-order valence-electron chi connectivity index (χ4n) is 2.29. The summed E-state index contributed by atoms with van der Waals surface area (Å²) in [5, 5.41) is 14.3. The highest BCUT2D eigenvalue weighted by molar-refractivity contribution is 5.69. The zero-order chi connectivity index (χ0) is 15.0. The minimum absolute atomic E-state index is 0.0553. The first-order chi connectivity index (χ1) is 10.1. The number of benzene rings is 1. The first-order valence-electron chi connectivity index (χ1n) is 6.38. The van der Waals surface area contributed by atoms with E-state index in [0.29, 0.717) is 17.2 Å². The fraction of sp³-hybridized carbons (Fsp3) is 0.308. The topological polar surface area (TPSA) is 91.5 Å². The van der Waals surface area contributed by atoms with E-state index in [1.165, 1.54) is 6.07 Å². The molecule has 0 spiro atoms. The summed E-state index contributed by atoms with van der Waals surface area (Å²) in [4.78, 5) is 15.0. The number of anilines is 1. The predicted octanol–water partition coefficient (Wildman–Crippen LogP) is 2.23. The van der Waals surface area contributed by atoms with Crippen molar-refractivity contribution in [3.8, 4) is 11.5 Å². The number of rotatable bonds is 4. The first kappa shape index (κ1) is 13.2. The SMILES string of the molecule is CC(Nc1cc2c(cc1[N+](=O)[O-])OCO2)c1nccn1C. The molecule has 110 valence electrons. The Kier molecular flexibility index (Phi) is 3.13. The lowest BCUT2D eigenvalue weighted by atomic mass is 10.2. The molecule has 0 radical (unpaired) electrons. The third-order valence-corrected chi connectivity index (χ3v) is 3.31. The standard InChI is InChI=1S/C13H14N4O4/c1-8(13-14-3-4-16(13)2)15-9-5-11-12(21-7-20-11)6-10(9)17(18)19/h3-6,8,15H,7H2,1-2H3. The van der Waals surface area contributed by atoms with Gasteiger partial charge in [0.1, 0.15) is 11.5 Å². The number of imidazole rings is 1. The van der Waals surface area contributed by atoms with Crippen LogP contribution in [0.15, 0.2) is 24.5 Å². The summed E-state index contributed by atoms with van der Waals surface area (Å²) in [6.45, 7) is 1.96. The number of nitro benzene ring substituents is 1. The van der Waals surface area contributed by atoms with E-state index in [-0.39, 0.29) is 18.5 Å². The molecule has 1 atom stereocenters. The molecule has 0 fully saturated rings. The van der Waals surface area contributed by atoms with Crippen LogP contribution in [-0.2, 0) is 7.05 Å². The summed E-state index contributed by atoms with van der Waals surface area (Å²) in [6, 6.07) is 2.76. The van der Waals surface area contributed by atoms with Gasteiger partial charge in [0.05, 0.1) is 17.0 Å². The Balaban J connectivity index is 1.94. The Morgan fingerprint density at radius 3 is 2.76 bits per heavy atom. The number of fused-ring (bicyclic) bond motifs is 1. The van der Waals surface area contributed by atoms with Gasteiger partial charge in [-0.3, -0.25) is 10.1 Å². The summed E-state index contributed by atoms with van der Waals surface area (Å²) in [7, 11) is 1.87. The molecule has 8 nitrogen and oxygen atoms in total. The molecular weight excluding hydrogens is 276 g/mol. The Bertz CT molecular complexity index is 697. The van der Waals surface area contributed by atoms with Gasteiger partial charge in [-0.2, -0.15) is 0 Å². The molecule has 0 bridgehead atoms. The number of nitrogens with one attached hydrogen (secondary N) is 1. The van der Waals surface area contributed by atoms with Crippen molar-refractivity contribution < 1.29 is 14.4 Å². The molecule has 3 rings (SSSR count). The van der Waals surface area contributed by atoms with Gasteiger partial charge < -0.3 is 19.4 Å². The normalized spacial score (nSPS) is 14.0. The highest BCUT2D eigenvalue weighted by Crippen LogP contribution is 2.41. The molecular formula is C13H14N4O4. The zero-order valence-electron chi connectivity index (χ0n) is 11.6. The maximum absolute atomic E-state index is 11.2. The molecule has 1 aliphatic heterocycles. The molecule has 2 aromatic rings. The second kappa shape index (κ2) is 4.97. The average Bonchev–Trinajstić information content (AvgIpc) is 3.05. The van der Waals surface area contributed by atoms with Gasteiger partial charge in [0.15, 0.2) is 11.5 Å². The average molecular weight is 290 g/mol. The van der Waals surface area contributed by atoms with Crippen molar-refractivity contribution in [1.82, 2.24) is 9.55 Å². The zero-order valence-corrected chi connectivity index (χ0v) is 11.6. The van der Waals surface area contributed by atoms with E-state index in [2.05, 4.69) is 10.3 Å². The van der Waals surface area contributed by atoms with E-state index in [4.69, 9.17) is 9.47 Å². The van der Waals surface area contributed by atoms with Crippen molar-refractivity contribution in [3.63, 3.8) is 0 Å². The maximum atomic E-state index is 11.2. The summed E-state index contributed by atoms with van der Waals surface area (Å²) in [5.41, 5.74) is 0.319. The molecule has 1 aromatic carbocycles. The molecule has 1 N–H and O–H groups in total. The van der Waals surface area contributed by atoms with Crippen LogP contribution in [0.2, 0.25) is 0 Å². The molecule has 0 amide bonds. The lowest BCUT2D eigenvalue weighted by Crippen LogP contribution is -2.12.